The summed E-state index contributed by atoms with van der Waals surface area (Å²) in [5.41, 5.74) is 8.04. The lowest BCUT2D eigenvalue weighted by atomic mass is 9.80. The zero-order chi connectivity index (χ0) is 11.8. The highest BCUT2D eigenvalue weighted by Crippen LogP contribution is 2.56. The molecule has 1 aromatic carbocycles. The predicted molar refractivity (Wildman–Crippen MR) is 72.4 cm³/mol. The average molecular weight is 282 g/mol. The Bertz CT molecular complexity index is 375. The minimum atomic E-state index is -0.0288. The van der Waals surface area contributed by atoms with Gasteiger partial charge in [0.2, 0.25) is 0 Å². The van der Waals surface area contributed by atoms with Gasteiger partial charge < -0.3 is 5.73 Å². The molecule has 1 nitrogen and oxygen atoms in total. The van der Waals surface area contributed by atoms with Gasteiger partial charge in [0, 0.05) is 10.0 Å². The molecule has 16 heavy (non-hydrogen) atoms. The van der Waals surface area contributed by atoms with E-state index in [0.29, 0.717) is 5.41 Å². The van der Waals surface area contributed by atoms with Gasteiger partial charge in [0.1, 0.15) is 0 Å². The van der Waals surface area contributed by atoms with Crippen LogP contribution >= 0.6 is 15.9 Å². The molecule has 0 bridgehead atoms. The van der Waals surface area contributed by atoms with Crippen molar-refractivity contribution in [3.63, 3.8) is 0 Å². The lowest BCUT2D eigenvalue weighted by Gasteiger charge is -2.30. The minimum absolute atomic E-state index is 0.0288. The number of hydrogen-bond donors (Lipinski definition) is 1. The first kappa shape index (κ1) is 12.1. The largest absolute Gasteiger partial charge is 0.325 e. The Hall–Kier alpha value is -0.340. The maximum atomic E-state index is 6.26. The van der Waals surface area contributed by atoms with Crippen LogP contribution in [0.1, 0.15) is 38.7 Å². The maximum absolute atomic E-state index is 6.26. The van der Waals surface area contributed by atoms with Crippen molar-refractivity contribution in [2.24, 2.45) is 11.1 Å². The summed E-state index contributed by atoms with van der Waals surface area (Å²) in [7, 11) is 0. The highest BCUT2D eigenvalue weighted by atomic mass is 79.9. The SMILES string of the molecule is CC(C)(N)C1(CCc2cccc(Br)c2)CC1. The van der Waals surface area contributed by atoms with Gasteiger partial charge in [-0.15, -0.1) is 0 Å². The van der Waals surface area contributed by atoms with E-state index < -0.39 is 0 Å². The first-order valence-electron chi connectivity index (χ1n) is 5.96. The molecule has 1 fully saturated rings. The van der Waals surface area contributed by atoms with Gasteiger partial charge in [-0.2, -0.15) is 0 Å². The Balaban J connectivity index is 1.98. The molecule has 1 aromatic rings. The number of halogens is 1. The number of aryl methyl sites for hydroxylation is 1. The third kappa shape index (κ3) is 2.49. The van der Waals surface area contributed by atoms with Crippen molar-refractivity contribution in [2.75, 3.05) is 0 Å². The van der Waals surface area contributed by atoms with E-state index in [1.807, 2.05) is 0 Å². The van der Waals surface area contributed by atoms with Crippen molar-refractivity contribution in [3.05, 3.63) is 34.3 Å². The number of benzene rings is 1. The summed E-state index contributed by atoms with van der Waals surface area (Å²) in [5.74, 6) is 0. The van der Waals surface area contributed by atoms with Crippen molar-refractivity contribution in [1.29, 1.82) is 0 Å². The van der Waals surface area contributed by atoms with Crippen molar-refractivity contribution >= 4 is 15.9 Å². The smallest absolute Gasteiger partial charge is 0.0177 e. The monoisotopic (exact) mass is 281 g/mol. The van der Waals surface area contributed by atoms with Crippen LogP contribution in [0.15, 0.2) is 28.7 Å². The van der Waals surface area contributed by atoms with E-state index >= 15 is 0 Å². The predicted octanol–water partition coefficient (Wildman–Crippen LogP) is 3.90. The fraction of sp³-hybridized carbons (Fsp3) is 0.571. The lowest BCUT2D eigenvalue weighted by Crippen LogP contribution is -2.42. The summed E-state index contributed by atoms with van der Waals surface area (Å²) in [6.07, 6.45) is 4.95. The summed E-state index contributed by atoms with van der Waals surface area (Å²) in [5, 5.41) is 0. The van der Waals surface area contributed by atoms with Gasteiger partial charge in [0.05, 0.1) is 0 Å². The van der Waals surface area contributed by atoms with Gasteiger partial charge in [-0.1, -0.05) is 28.1 Å². The third-order valence-electron chi connectivity index (χ3n) is 4.00. The van der Waals surface area contributed by atoms with E-state index in [2.05, 4.69) is 54.0 Å². The van der Waals surface area contributed by atoms with Crippen molar-refractivity contribution < 1.29 is 0 Å². The second kappa shape index (κ2) is 4.15. The molecule has 0 aliphatic heterocycles. The van der Waals surface area contributed by atoms with Gasteiger partial charge >= 0.3 is 0 Å². The number of hydrogen-bond acceptors (Lipinski definition) is 1. The van der Waals surface area contributed by atoms with E-state index in [1.165, 1.54) is 29.3 Å². The lowest BCUT2D eigenvalue weighted by molar-refractivity contribution is 0.276. The third-order valence-corrected chi connectivity index (χ3v) is 4.49. The quantitative estimate of drug-likeness (QED) is 0.890. The molecule has 1 saturated carbocycles. The normalized spacial score (nSPS) is 18.5. The van der Waals surface area contributed by atoms with Crippen LogP contribution in [0.3, 0.4) is 0 Å². The molecule has 1 aliphatic carbocycles. The van der Waals surface area contributed by atoms with Crippen LogP contribution in [0, 0.1) is 5.41 Å². The molecular weight excluding hydrogens is 262 g/mol. The Morgan fingerprint density at radius 2 is 2.06 bits per heavy atom. The highest BCUT2D eigenvalue weighted by molar-refractivity contribution is 9.10. The molecule has 0 radical (unpaired) electrons. The molecule has 88 valence electrons. The maximum Gasteiger partial charge on any atom is 0.0177 e. The molecule has 0 saturated heterocycles. The molecule has 0 amide bonds. The summed E-state index contributed by atoms with van der Waals surface area (Å²) < 4.78 is 1.17. The Morgan fingerprint density at radius 3 is 2.56 bits per heavy atom. The summed E-state index contributed by atoms with van der Waals surface area (Å²) in [4.78, 5) is 0. The zero-order valence-corrected chi connectivity index (χ0v) is 11.7. The standard InChI is InChI=1S/C14H20BrN/c1-13(2,16)14(8-9-14)7-6-11-4-3-5-12(15)10-11/h3-5,10H,6-9,16H2,1-2H3. The van der Waals surface area contributed by atoms with Crippen molar-refractivity contribution in [2.45, 2.75) is 45.1 Å². The van der Waals surface area contributed by atoms with Crippen molar-refractivity contribution in [3.8, 4) is 0 Å². The Morgan fingerprint density at radius 1 is 1.38 bits per heavy atom. The summed E-state index contributed by atoms with van der Waals surface area (Å²) in [6, 6.07) is 8.58. The molecule has 0 heterocycles. The summed E-state index contributed by atoms with van der Waals surface area (Å²) >= 11 is 3.51. The molecule has 0 atom stereocenters. The number of nitrogens with two attached hydrogens (primary N) is 1. The highest BCUT2D eigenvalue weighted by Gasteiger charge is 2.51. The van der Waals surface area contributed by atoms with Gasteiger partial charge in [0.25, 0.3) is 0 Å². The Kier molecular flexibility index (Phi) is 3.15. The van der Waals surface area contributed by atoms with E-state index in [0.717, 1.165) is 6.42 Å². The first-order chi connectivity index (χ1) is 7.43. The van der Waals surface area contributed by atoms with Gasteiger partial charge in [-0.25, -0.2) is 0 Å². The molecule has 2 N–H and O–H groups in total. The van der Waals surface area contributed by atoms with E-state index in [-0.39, 0.29) is 5.54 Å². The van der Waals surface area contributed by atoms with Crippen LogP contribution in [-0.2, 0) is 6.42 Å². The molecule has 0 unspecified atom stereocenters. The van der Waals surface area contributed by atoms with Crippen molar-refractivity contribution in [1.82, 2.24) is 0 Å². The topological polar surface area (TPSA) is 26.0 Å². The molecule has 1 aliphatic rings. The van der Waals surface area contributed by atoms with Crippen LogP contribution in [0.25, 0.3) is 0 Å². The van der Waals surface area contributed by atoms with E-state index in [1.54, 1.807) is 0 Å². The Labute approximate surface area is 107 Å². The molecular formula is C14H20BrN. The second-order valence-corrected chi connectivity index (χ2v) is 6.55. The van der Waals surface area contributed by atoms with Gasteiger partial charge in [0.15, 0.2) is 0 Å². The average Bonchev–Trinajstić information content (AvgIpc) is 2.94. The molecule has 2 rings (SSSR count). The van der Waals surface area contributed by atoms with E-state index in [9.17, 15) is 0 Å². The van der Waals surface area contributed by atoms with Gasteiger partial charge in [-0.3, -0.25) is 0 Å². The molecule has 0 spiro atoms. The summed E-state index contributed by atoms with van der Waals surface area (Å²) in [6.45, 7) is 4.34. The molecule has 2 heteroatoms. The molecule has 0 aromatic heterocycles. The van der Waals surface area contributed by atoms with Crippen LogP contribution in [0.2, 0.25) is 0 Å². The first-order valence-corrected chi connectivity index (χ1v) is 6.76. The second-order valence-electron chi connectivity index (χ2n) is 5.63. The van der Waals surface area contributed by atoms with Gasteiger partial charge in [-0.05, 0) is 62.6 Å². The van der Waals surface area contributed by atoms with Crippen LogP contribution in [-0.4, -0.2) is 5.54 Å². The fourth-order valence-corrected chi connectivity index (χ4v) is 2.89. The fourth-order valence-electron chi connectivity index (χ4n) is 2.44. The van der Waals surface area contributed by atoms with E-state index in [4.69, 9.17) is 5.73 Å². The van der Waals surface area contributed by atoms with Crippen LogP contribution in [0.5, 0.6) is 0 Å². The van der Waals surface area contributed by atoms with Crippen LogP contribution < -0.4 is 5.73 Å². The van der Waals surface area contributed by atoms with Crippen LogP contribution in [0.4, 0.5) is 0 Å². The number of rotatable bonds is 4. The zero-order valence-electron chi connectivity index (χ0n) is 10.1. The minimum Gasteiger partial charge on any atom is -0.325 e.